The Morgan fingerprint density at radius 3 is 2.61 bits per heavy atom. The lowest BCUT2D eigenvalue weighted by molar-refractivity contribution is -0.122. The third kappa shape index (κ3) is 5.46. The number of hydrogen-bond donors (Lipinski definition) is 3. The fourth-order valence-electron chi connectivity index (χ4n) is 2.90. The van der Waals surface area contributed by atoms with E-state index in [1.54, 1.807) is 17.8 Å². The number of halogens is 1. The minimum absolute atomic E-state index is 0.0895. The summed E-state index contributed by atoms with van der Waals surface area (Å²) in [6, 6.07) is 14.9. The maximum Gasteiger partial charge on any atom is 0.237 e. The molecule has 0 aliphatic carbocycles. The number of thioether (sulfide) groups is 1. The molecule has 1 fully saturated rings. The lowest BCUT2D eigenvalue weighted by atomic mass is 10.2. The van der Waals surface area contributed by atoms with Crippen LogP contribution in [0.5, 0.6) is 0 Å². The van der Waals surface area contributed by atoms with Crippen LogP contribution in [0.4, 0.5) is 10.1 Å². The Bertz CT molecular complexity index is 910. The lowest BCUT2D eigenvalue weighted by Crippen LogP contribution is -2.41. The van der Waals surface area contributed by atoms with E-state index in [1.807, 2.05) is 30.3 Å². The van der Waals surface area contributed by atoms with Gasteiger partial charge in [0.25, 0.3) is 0 Å². The first kappa shape index (κ1) is 20.6. The Hall–Kier alpha value is -2.10. The van der Waals surface area contributed by atoms with Crippen LogP contribution in [0.15, 0.2) is 59.5 Å². The van der Waals surface area contributed by atoms with Gasteiger partial charge in [0.2, 0.25) is 15.9 Å². The number of carbonyl (C=O) groups excluding carboxylic acids is 1. The number of amides is 1. The van der Waals surface area contributed by atoms with Gasteiger partial charge in [-0.15, -0.1) is 11.8 Å². The predicted molar refractivity (Wildman–Crippen MR) is 109 cm³/mol. The fraction of sp³-hybridized carbons (Fsp3) is 0.316. The normalized spacial score (nSPS) is 19.3. The lowest BCUT2D eigenvalue weighted by Gasteiger charge is -2.14. The van der Waals surface area contributed by atoms with Crippen molar-refractivity contribution >= 4 is 33.4 Å². The molecule has 1 saturated heterocycles. The Kier molecular flexibility index (Phi) is 6.93. The molecule has 2 unspecified atom stereocenters. The van der Waals surface area contributed by atoms with Gasteiger partial charge in [0.05, 0.1) is 17.0 Å². The SMILES string of the molecule is O=C(NCCSc1ccccc1)C1CC(S(=O)(=O)Nc2ccccc2F)CN1. The molecule has 0 spiro atoms. The quantitative estimate of drug-likeness (QED) is 0.448. The van der Waals surface area contributed by atoms with E-state index in [9.17, 15) is 17.6 Å². The Labute approximate surface area is 168 Å². The van der Waals surface area contributed by atoms with Crippen LogP contribution in [0.2, 0.25) is 0 Å². The summed E-state index contributed by atoms with van der Waals surface area (Å²) < 4.78 is 41.0. The van der Waals surface area contributed by atoms with Crippen molar-refractivity contribution in [3.05, 3.63) is 60.4 Å². The highest BCUT2D eigenvalue weighted by molar-refractivity contribution is 7.99. The molecule has 150 valence electrons. The summed E-state index contributed by atoms with van der Waals surface area (Å²) in [6.07, 6.45) is 0.140. The van der Waals surface area contributed by atoms with Crippen molar-refractivity contribution in [2.45, 2.75) is 22.6 Å². The van der Waals surface area contributed by atoms with Gasteiger partial charge in [-0.1, -0.05) is 30.3 Å². The van der Waals surface area contributed by atoms with Gasteiger partial charge < -0.3 is 10.6 Å². The van der Waals surface area contributed by atoms with E-state index in [4.69, 9.17) is 0 Å². The maximum atomic E-state index is 13.7. The molecule has 3 N–H and O–H groups in total. The average molecular weight is 424 g/mol. The number of anilines is 1. The highest BCUT2D eigenvalue weighted by atomic mass is 32.2. The molecular weight excluding hydrogens is 401 g/mol. The monoisotopic (exact) mass is 423 g/mol. The molecule has 0 saturated carbocycles. The summed E-state index contributed by atoms with van der Waals surface area (Å²) in [6.45, 7) is 0.627. The Morgan fingerprint density at radius 2 is 1.86 bits per heavy atom. The standard InChI is InChI=1S/C19H22FN3O3S2/c20-16-8-4-5-9-17(16)23-28(25,26)15-12-18(22-13-15)19(24)21-10-11-27-14-6-2-1-3-7-14/h1-9,15,18,22-23H,10-13H2,(H,21,24). The van der Waals surface area contributed by atoms with Crippen LogP contribution in [0, 0.1) is 5.82 Å². The number of sulfonamides is 1. The van der Waals surface area contributed by atoms with Crippen LogP contribution in [0.3, 0.4) is 0 Å². The molecule has 6 nitrogen and oxygen atoms in total. The zero-order valence-corrected chi connectivity index (χ0v) is 16.7. The smallest absolute Gasteiger partial charge is 0.237 e. The van der Waals surface area contributed by atoms with E-state index in [2.05, 4.69) is 15.4 Å². The topological polar surface area (TPSA) is 87.3 Å². The van der Waals surface area contributed by atoms with E-state index < -0.39 is 27.1 Å². The molecule has 1 aliphatic rings. The molecule has 0 bridgehead atoms. The molecular formula is C19H22FN3O3S2. The van der Waals surface area contributed by atoms with E-state index >= 15 is 0 Å². The van der Waals surface area contributed by atoms with Crippen LogP contribution >= 0.6 is 11.8 Å². The maximum absolute atomic E-state index is 13.7. The highest BCUT2D eigenvalue weighted by Crippen LogP contribution is 2.21. The summed E-state index contributed by atoms with van der Waals surface area (Å²) in [4.78, 5) is 13.4. The molecule has 1 amide bonds. The van der Waals surface area contributed by atoms with Gasteiger partial charge in [-0.25, -0.2) is 12.8 Å². The van der Waals surface area contributed by atoms with Crippen molar-refractivity contribution in [3.63, 3.8) is 0 Å². The van der Waals surface area contributed by atoms with Crippen LogP contribution < -0.4 is 15.4 Å². The highest BCUT2D eigenvalue weighted by Gasteiger charge is 2.37. The van der Waals surface area contributed by atoms with Crippen molar-refractivity contribution < 1.29 is 17.6 Å². The first-order valence-corrected chi connectivity index (χ1v) is 11.4. The first-order chi connectivity index (χ1) is 13.5. The molecule has 28 heavy (non-hydrogen) atoms. The van der Waals surface area contributed by atoms with Crippen molar-refractivity contribution in [2.24, 2.45) is 0 Å². The van der Waals surface area contributed by atoms with Crippen molar-refractivity contribution in [2.75, 3.05) is 23.6 Å². The van der Waals surface area contributed by atoms with Gasteiger partial charge in [0, 0.05) is 23.7 Å². The van der Waals surface area contributed by atoms with Gasteiger partial charge in [0.1, 0.15) is 5.82 Å². The summed E-state index contributed by atoms with van der Waals surface area (Å²) in [5.74, 6) is -0.140. The predicted octanol–water partition coefficient (Wildman–Crippen LogP) is 2.21. The second-order valence-electron chi connectivity index (χ2n) is 6.40. The molecule has 0 aromatic heterocycles. The number of carbonyl (C=O) groups is 1. The van der Waals surface area contributed by atoms with Crippen molar-refractivity contribution in [3.8, 4) is 0 Å². The van der Waals surface area contributed by atoms with E-state index in [0.29, 0.717) is 6.54 Å². The average Bonchev–Trinajstić information content (AvgIpc) is 3.19. The van der Waals surface area contributed by atoms with Gasteiger partial charge >= 0.3 is 0 Å². The second kappa shape index (κ2) is 9.40. The molecule has 2 atom stereocenters. The van der Waals surface area contributed by atoms with Crippen molar-refractivity contribution in [1.29, 1.82) is 0 Å². The molecule has 0 radical (unpaired) electrons. The summed E-state index contributed by atoms with van der Waals surface area (Å²) in [5.41, 5.74) is -0.0895. The number of hydrogen-bond acceptors (Lipinski definition) is 5. The van der Waals surface area contributed by atoms with Gasteiger partial charge in [-0.2, -0.15) is 0 Å². The van der Waals surface area contributed by atoms with E-state index in [-0.39, 0.29) is 24.6 Å². The molecule has 3 rings (SSSR count). The van der Waals surface area contributed by atoms with E-state index in [1.165, 1.54) is 18.2 Å². The minimum Gasteiger partial charge on any atom is -0.354 e. The second-order valence-corrected chi connectivity index (χ2v) is 9.53. The Balaban J connectivity index is 1.46. The molecule has 9 heteroatoms. The fourth-order valence-corrected chi connectivity index (χ4v) is 5.09. The molecule has 1 heterocycles. The minimum atomic E-state index is -3.80. The third-order valence-corrected chi connectivity index (χ3v) is 7.14. The number of rotatable bonds is 8. The first-order valence-electron chi connectivity index (χ1n) is 8.91. The number of para-hydroxylation sites is 1. The molecule has 2 aromatic rings. The molecule has 1 aliphatic heterocycles. The largest absolute Gasteiger partial charge is 0.354 e. The van der Waals surface area contributed by atoms with Gasteiger partial charge in [0.15, 0.2) is 0 Å². The van der Waals surface area contributed by atoms with Gasteiger partial charge in [-0.05, 0) is 30.7 Å². The summed E-state index contributed by atoms with van der Waals surface area (Å²) in [5, 5.41) is 4.96. The van der Waals surface area contributed by atoms with E-state index in [0.717, 1.165) is 10.6 Å². The summed E-state index contributed by atoms with van der Waals surface area (Å²) in [7, 11) is -3.80. The van der Waals surface area contributed by atoms with Gasteiger partial charge in [-0.3, -0.25) is 9.52 Å². The third-order valence-electron chi connectivity index (χ3n) is 4.39. The van der Waals surface area contributed by atoms with Crippen LogP contribution in [0.1, 0.15) is 6.42 Å². The number of benzene rings is 2. The Morgan fingerprint density at radius 1 is 1.14 bits per heavy atom. The zero-order valence-electron chi connectivity index (χ0n) is 15.1. The van der Waals surface area contributed by atoms with Crippen LogP contribution in [0.25, 0.3) is 0 Å². The molecule has 2 aromatic carbocycles. The zero-order chi connectivity index (χ0) is 20.0. The number of nitrogens with one attached hydrogen (secondary N) is 3. The van der Waals surface area contributed by atoms with Crippen molar-refractivity contribution in [1.82, 2.24) is 10.6 Å². The van der Waals surface area contributed by atoms with Crippen LogP contribution in [-0.2, 0) is 14.8 Å². The van der Waals surface area contributed by atoms with Crippen LogP contribution in [-0.4, -0.2) is 44.5 Å². The summed E-state index contributed by atoms with van der Waals surface area (Å²) >= 11 is 1.64.